The molecule has 0 bridgehead atoms. The molecule has 1 aromatic carbocycles. The average Bonchev–Trinajstić information content (AvgIpc) is 2.80. The first kappa shape index (κ1) is 20.8. The minimum atomic E-state index is -0.108. The van der Waals surface area contributed by atoms with Gasteiger partial charge in [-0.25, -0.2) is 4.98 Å². The maximum atomic E-state index is 12.8. The van der Waals surface area contributed by atoms with Crippen LogP contribution in [0.25, 0.3) is 0 Å². The van der Waals surface area contributed by atoms with E-state index < -0.39 is 0 Å². The number of methoxy groups -OCH3 is 1. The van der Waals surface area contributed by atoms with E-state index in [0.29, 0.717) is 17.5 Å². The molecule has 0 aliphatic carbocycles. The van der Waals surface area contributed by atoms with Crippen molar-refractivity contribution in [2.75, 3.05) is 33.9 Å². The quantitative estimate of drug-likeness (QED) is 0.758. The lowest BCUT2D eigenvalue weighted by molar-refractivity contribution is -0.128. The van der Waals surface area contributed by atoms with Gasteiger partial charge in [-0.2, -0.15) is 0 Å². The highest BCUT2D eigenvalue weighted by molar-refractivity contribution is 5.94. The Morgan fingerprint density at radius 1 is 1.23 bits per heavy atom. The smallest absolute Gasteiger partial charge is 0.255 e. The molecule has 4 rings (SSSR count). The number of piperidine rings is 1. The second kappa shape index (κ2) is 9.14. The lowest BCUT2D eigenvalue weighted by Crippen LogP contribution is -2.54. The molecule has 1 amide bonds. The lowest BCUT2D eigenvalue weighted by Gasteiger charge is -2.48. The number of hydrogen-bond donors (Lipinski definition) is 0. The maximum Gasteiger partial charge on any atom is 0.255 e. The van der Waals surface area contributed by atoms with Crippen LogP contribution in [0.15, 0.2) is 48.7 Å². The van der Waals surface area contributed by atoms with Gasteiger partial charge in [0.1, 0.15) is 0 Å². The zero-order valence-corrected chi connectivity index (χ0v) is 17.9. The third kappa shape index (κ3) is 4.65. The van der Waals surface area contributed by atoms with Gasteiger partial charge in [-0.3, -0.25) is 9.69 Å². The first-order valence-electron chi connectivity index (χ1n) is 10.8. The van der Waals surface area contributed by atoms with Crippen molar-refractivity contribution in [3.8, 4) is 5.88 Å². The van der Waals surface area contributed by atoms with E-state index in [0.717, 1.165) is 51.9 Å². The van der Waals surface area contributed by atoms with E-state index in [2.05, 4.69) is 47.3 Å². The number of pyridine rings is 1. The Morgan fingerprint density at radius 2 is 2.00 bits per heavy atom. The molecule has 6 heteroatoms. The van der Waals surface area contributed by atoms with Crippen LogP contribution in [0, 0.1) is 0 Å². The fourth-order valence-electron chi connectivity index (χ4n) is 4.65. The van der Waals surface area contributed by atoms with Gasteiger partial charge in [0.2, 0.25) is 5.88 Å². The van der Waals surface area contributed by atoms with Gasteiger partial charge in [-0.05, 0) is 44.4 Å². The van der Waals surface area contributed by atoms with Gasteiger partial charge in [0.05, 0.1) is 18.3 Å². The van der Waals surface area contributed by atoms with E-state index in [-0.39, 0.29) is 11.5 Å². The summed E-state index contributed by atoms with van der Waals surface area (Å²) in [6.07, 6.45) is 5.46. The van der Waals surface area contributed by atoms with Crippen molar-refractivity contribution >= 4 is 5.91 Å². The first-order chi connectivity index (χ1) is 14.6. The van der Waals surface area contributed by atoms with Crippen molar-refractivity contribution in [2.24, 2.45) is 0 Å². The molecular weight excluding hydrogens is 378 g/mol. The summed E-state index contributed by atoms with van der Waals surface area (Å²) in [7, 11) is 3.79. The van der Waals surface area contributed by atoms with Crippen molar-refractivity contribution < 1.29 is 14.3 Å². The minimum absolute atomic E-state index is 0.0357. The zero-order chi connectivity index (χ0) is 21.0. The summed E-state index contributed by atoms with van der Waals surface area (Å²) in [5.41, 5.74) is 1.84. The fraction of sp³-hybridized carbons (Fsp3) is 0.500. The van der Waals surface area contributed by atoms with E-state index >= 15 is 0 Å². The summed E-state index contributed by atoms with van der Waals surface area (Å²) in [5, 5.41) is 0. The largest absolute Gasteiger partial charge is 0.481 e. The predicted octanol–water partition coefficient (Wildman–Crippen LogP) is 3.38. The summed E-state index contributed by atoms with van der Waals surface area (Å²) in [6.45, 7) is 3.19. The van der Waals surface area contributed by atoms with E-state index in [1.165, 1.54) is 5.56 Å². The van der Waals surface area contributed by atoms with E-state index in [1.807, 2.05) is 4.90 Å². The molecule has 6 nitrogen and oxygen atoms in total. The third-order valence-electron chi connectivity index (χ3n) is 6.52. The molecule has 1 aromatic heterocycles. The molecule has 30 heavy (non-hydrogen) atoms. The highest BCUT2D eigenvalue weighted by Crippen LogP contribution is 2.37. The Balaban J connectivity index is 1.34. The summed E-state index contributed by atoms with van der Waals surface area (Å²) >= 11 is 0. The summed E-state index contributed by atoms with van der Waals surface area (Å²) in [4.78, 5) is 21.4. The number of amides is 1. The second-order valence-electron chi connectivity index (χ2n) is 8.46. The van der Waals surface area contributed by atoms with Crippen molar-refractivity contribution in [3.63, 3.8) is 0 Å². The van der Waals surface area contributed by atoms with Gasteiger partial charge in [-0.15, -0.1) is 0 Å². The van der Waals surface area contributed by atoms with Crippen LogP contribution in [0.2, 0.25) is 0 Å². The number of carbonyl (C=O) groups excluding carboxylic acids is 1. The summed E-state index contributed by atoms with van der Waals surface area (Å²) < 4.78 is 11.4. The predicted molar refractivity (Wildman–Crippen MR) is 116 cm³/mol. The number of benzene rings is 1. The zero-order valence-electron chi connectivity index (χ0n) is 17.9. The standard InChI is InChI=1S/C24H31N3O3/c1-26(18-19-6-4-3-5-7-19)21-10-15-30-24(16-21)11-13-27(14-12-24)23(28)20-8-9-22(29-2)25-17-20/h3-9,17,21H,10-16,18H2,1-2H3/t21-/m0/s1. The third-order valence-corrected chi connectivity index (χ3v) is 6.52. The highest BCUT2D eigenvalue weighted by atomic mass is 16.5. The summed E-state index contributed by atoms with van der Waals surface area (Å²) in [6, 6.07) is 14.6. The van der Waals surface area contributed by atoms with Gasteiger partial charge < -0.3 is 14.4 Å². The molecule has 160 valence electrons. The topological polar surface area (TPSA) is 54.9 Å². The van der Waals surface area contributed by atoms with Crippen LogP contribution in [0.1, 0.15) is 41.6 Å². The molecule has 2 aliphatic rings. The molecule has 2 aliphatic heterocycles. The molecule has 0 radical (unpaired) electrons. The van der Waals surface area contributed by atoms with Crippen LogP contribution < -0.4 is 4.74 Å². The molecule has 1 atom stereocenters. The van der Waals surface area contributed by atoms with Gasteiger partial charge in [0.25, 0.3) is 5.91 Å². The van der Waals surface area contributed by atoms with Crippen molar-refractivity contribution in [1.82, 2.24) is 14.8 Å². The van der Waals surface area contributed by atoms with Crippen LogP contribution in [0.3, 0.4) is 0 Å². The van der Waals surface area contributed by atoms with Crippen LogP contribution >= 0.6 is 0 Å². The monoisotopic (exact) mass is 409 g/mol. The molecular formula is C24H31N3O3. The van der Waals surface area contributed by atoms with E-state index in [9.17, 15) is 4.79 Å². The van der Waals surface area contributed by atoms with Crippen LogP contribution in [-0.2, 0) is 11.3 Å². The van der Waals surface area contributed by atoms with Crippen LogP contribution in [0.4, 0.5) is 0 Å². The molecule has 1 spiro atoms. The molecule has 0 N–H and O–H groups in total. The van der Waals surface area contributed by atoms with Crippen LogP contribution in [-0.4, -0.2) is 66.2 Å². The number of aromatic nitrogens is 1. The van der Waals surface area contributed by atoms with Crippen molar-refractivity contribution in [1.29, 1.82) is 0 Å². The van der Waals surface area contributed by atoms with E-state index in [4.69, 9.17) is 9.47 Å². The lowest BCUT2D eigenvalue weighted by atomic mass is 9.81. The van der Waals surface area contributed by atoms with Gasteiger partial charge in [0.15, 0.2) is 0 Å². The van der Waals surface area contributed by atoms with Gasteiger partial charge in [0, 0.05) is 44.5 Å². The van der Waals surface area contributed by atoms with E-state index in [1.54, 1.807) is 25.4 Å². The number of carbonyl (C=O) groups is 1. The fourth-order valence-corrected chi connectivity index (χ4v) is 4.65. The SMILES string of the molecule is COc1ccc(C(=O)N2CCC3(CC2)C[C@@H](N(C)Cc2ccccc2)CCO3)cn1. The van der Waals surface area contributed by atoms with Gasteiger partial charge in [-0.1, -0.05) is 30.3 Å². The molecule has 3 heterocycles. The number of ether oxygens (including phenoxy) is 2. The van der Waals surface area contributed by atoms with Gasteiger partial charge >= 0.3 is 0 Å². The Kier molecular flexibility index (Phi) is 6.35. The maximum absolute atomic E-state index is 12.8. The second-order valence-corrected chi connectivity index (χ2v) is 8.46. The minimum Gasteiger partial charge on any atom is -0.481 e. The number of nitrogens with zero attached hydrogens (tertiary/aromatic N) is 3. The molecule has 2 fully saturated rings. The van der Waals surface area contributed by atoms with Crippen molar-refractivity contribution in [3.05, 3.63) is 59.8 Å². The highest BCUT2D eigenvalue weighted by Gasteiger charge is 2.42. The number of rotatable bonds is 5. The molecule has 2 saturated heterocycles. The Hall–Kier alpha value is -2.44. The molecule has 0 unspecified atom stereocenters. The summed E-state index contributed by atoms with van der Waals surface area (Å²) in [5.74, 6) is 0.555. The normalized spacial score (nSPS) is 21.0. The van der Waals surface area contributed by atoms with Crippen molar-refractivity contribution in [2.45, 2.75) is 43.9 Å². The number of likely N-dealkylation sites (tertiary alicyclic amines) is 1. The first-order valence-corrected chi connectivity index (χ1v) is 10.8. The Bertz CT molecular complexity index is 833. The molecule has 0 saturated carbocycles. The molecule has 2 aromatic rings. The Morgan fingerprint density at radius 3 is 2.67 bits per heavy atom. The number of hydrogen-bond acceptors (Lipinski definition) is 5. The Labute approximate surface area is 178 Å². The average molecular weight is 410 g/mol. The van der Waals surface area contributed by atoms with Crippen LogP contribution in [0.5, 0.6) is 5.88 Å².